The van der Waals surface area contributed by atoms with Gasteiger partial charge in [0.25, 0.3) is 0 Å². The standard InChI is InChI=1S/C8H9BF4NO2S/c1-5-6(4-9(10,11)12)2-7(14)3-8(5)17(13,15)16/h2-3H,4,14H2,1H3/q-1. The topological polar surface area (TPSA) is 60.2 Å². The van der Waals surface area contributed by atoms with E-state index < -0.39 is 28.4 Å². The lowest BCUT2D eigenvalue weighted by Crippen LogP contribution is -2.20. The molecular formula is C8H9BF4NO2S-. The minimum absolute atomic E-state index is 0.220. The fourth-order valence-electron chi connectivity index (χ4n) is 1.48. The molecule has 0 aliphatic rings. The first-order chi connectivity index (χ1) is 7.50. The van der Waals surface area contributed by atoms with Gasteiger partial charge in [0.1, 0.15) is 4.90 Å². The largest absolute Gasteiger partial charge is 0.482 e. The Morgan fingerprint density at radius 2 is 1.82 bits per heavy atom. The SMILES string of the molecule is Cc1c(C[B-](F)(F)F)cc(N)cc1S(=O)(=O)F. The van der Waals surface area contributed by atoms with E-state index in [1.54, 1.807) is 0 Å². The molecular weight excluding hydrogens is 261 g/mol. The van der Waals surface area contributed by atoms with Crippen LogP contribution in [0.3, 0.4) is 0 Å². The summed E-state index contributed by atoms with van der Waals surface area (Å²) in [5.41, 5.74) is 4.44. The number of hydrogen-bond acceptors (Lipinski definition) is 3. The van der Waals surface area contributed by atoms with Gasteiger partial charge in [0.05, 0.1) is 0 Å². The highest BCUT2D eigenvalue weighted by molar-refractivity contribution is 7.86. The summed E-state index contributed by atoms with van der Waals surface area (Å²) in [6.45, 7) is -4.03. The molecule has 2 N–H and O–H groups in total. The Bertz CT molecular complexity index is 541. The molecule has 0 unspecified atom stereocenters. The minimum Gasteiger partial charge on any atom is -0.449 e. The number of nitrogen functional groups attached to an aromatic ring is 1. The summed E-state index contributed by atoms with van der Waals surface area (Å²) in [5.74, 6) is 0. The van der Waals surface area contributed by atoms with E-state index in [4.69, 9.17) is 5.73 Å². The monoisotopic (exact) mass is 270 g/mol. The Hall–Kier alpha value is -1.25. The highest BCUT2D eigenvalue weighted by atomic mass is 32.3. The van der Waals surface area contributed by atoms with Gasteiger partial charge in [0.2, 0.25) is 0 Å². The normalized spacial score (nSPS) is 12.8. The summed E-state index contributed by atoms with van der Waals surface area (Å²) in [7, 11) is -5.07. The summed E-state index contributed by atoms with van der Waals surface area (Å²) in [4.78, 5) is -0.812. The predicted octanol–water partition coefficient (Wildman–Crippen LogP) is 2.16. The molecule has 0 bridgehead atoms. The van der Waals surface area contributed by atoms with Crippen molar-refractivity contribution in [1.82, 2.24) is 0 Å². The van der Waals surface area contributed by atoms with Crippen molar-refractivity contribution in [3.05, 3.63) is 23.3 Å². The van der Waals surface area contributed by atoms with Crippen molar-refractivity contribution < 1.29 is 25.3 Å². The Kier molecular flexibility index (Phi) is 3.42. The highest BCUT2D eigenvalue weighted by Gasteiger charge is 2.26. The fraction of sp³-hybridized carbons (Fsp3) is 0.250. The molecule has 0 saturated carbocycles. The quantitative estimate of drug-likeness (QED) is 0.396. The van der Waals surface area contributed by atoms with Crippen molar-refractivity contribution >= 4 is 22.9 Å². The summed E-state index contributed by atoms with van der Waals surface area (Å²) in [5, 5.41) is 0. The van der Waals surface area contributed by atoms with E-state index in [9.17, 15) is 25.3 Å². The van der Waals surface area contributed by atoms with E-state index in [1.807, 2.05) is 0 Å². The van der Waals surface area contributed by atoms with Gasteiger partial charge in [-0.3, -0.25) is 0 Å². The third-order valence-corrected chi connectivity index (χ3v) is 3.15. The molecule has 3 nitrogen and oxygen atoms in total. The maximum atomic E-state index is 12.8. The van der Waals surface area contributed by atoms with Gasteiger partial charge in [-0.25, -0.2) is 0 Å². The summed E-state index contributed by atoms with van der Waals surface area (Å²) >= 11 is 0. The molecule has 9 heteroatoms. The molecule has 0 heterocycles. The zero-order valence-corrected chi connectivity index (χ0v) is 9.57. The van der Waals surface area contributed by atoms with Crippen LogP contribution >= 0.6 is 0 Å². The molecule has 0 atom stereocenters. The lowest BCUT2D eigenvalue weighted by atomic mass is 9.80. The molecule has 0 aliphatic heterocycles. The molecule has 0 aliphatic carbocycles. The van der Waals surface area contributed by atoms with Crippen molar-refractivity contribution in [2.24, 2.45) is 0 Å². The van der Waals surface area contributed by atoms with E-state index in [0.717, 1.165) is 19.1 Å². The zero-order valence-electron chi connectivity index (χ0n) is 8.75. The maximum absolute atomic E-state index is 12.8. The van der Waals surface area contributed by atoms with Gasteiger partial charge < -0.3 is 18.7 Å². The van der Waals surface area contributed by atoms with Crippen LogP contribution in [0.4, 0.5) is 22.5 Å². The van der Waals surface area contributed by atoms with Gasteiger partial charge in [-0.05, 0) is 24.6 Å². The summed E-state index contributed by atoms with van der Waals surface area (Å²) < 4.78 is 71.0. The molecule has 1 rings (SSSR count). The van der Waals surface area contributed by atoms with Gasteiger partial charge in [-0.2, -0.15) is 8.42 Å². The van der Waals surface area contributed by atoms with Gasteiger partial charge >= 0.3 is 17.2 Å². The first-order valence-electron chi connectivity index (χ1n) is 4.55. The van der Waals surface area contributed by atoms with Gasteiger partial charge in [-0.1, -0.05) is 11.9 Å². The molecule has 0 spiro atoms. The molecule has 17 heavy (non-hydrogen) atoms. The number of hydrogen-bond donors (Lipinski definition) is 1. The van der Waals surface area contributed by atoms with Crippen molar-refractivity contribution in [2.45, 2.75) is 18.1 Å². The predicted molar refractivity (Wildman–Crippen MR) is 56.7 cm³/mol. The van der Waals surface area contributed by atoms with E-state index in [-0.39, 0.29) is 16.8 Å². The van der Waals surface area contributed by atoms with Gasteiger partial charge in [0, 0.05) is 5.69 Å². The molecule has 0 fully saturated rings. The second-order valence-corrected chi connectivity index (χ2v) is 4.97. The highest BCUT2D eigenvalue weighted by Crippen LogP contribution is 2.27. The van der Waals surface area contributed by atoms with Crippen LogP contribution in [0.1, 0.15) is 11.1 Å². The van der Waals surface area contributed by atoms with Crippen molar-refractivity contribution in [1.29, 1.82) is 0 Å². The minimum atomic E-state index is -5.14. The number of halogens is 4. The number of anilines is 1. The van der Waals surface area contributed by atoms with E-state index in [1.165, 1.54) is 0 Å². The Labute approximate surface area is 95.9 Å². The molecule has 96 valence electrons. The van der Waals surface area contributed by atoms with Crippen molar-refractivity contribution in [3.63, 3.8) is 0 Å². The number of benzene rings is 1. The van der Waals surface area contributed by atoms with Crippen molar-refractivity contribution in [3.8, 4) is 0 Å². The lowest BCUT2D eigenvalue weighted by molar-refractivity contribution is 0.468. The zero-order chi connectivity index (χ0) is 13.4. The molecule has 1 aromatic rings. The van der Waals surface area contributed by atoms with Crippen LogP contribution in [0.2, 0.25) is 0 Å². The average molecular weight is 270 g/mol. The van der Waals surface area contributed by atoms with Crippen LogP contribution < -0.4 is 5.73 Å². The third-order valence-electron chi connectivity index (χ3n) is 2.20. The molecule has 0 aromatic heterocycles. The van der Waals surface area contributed by atoms with Crippen LogP contribution in [-0.4, -0.2) is 15.4 Å². The van der Waals surface area contributed by atoms with Crippen molar-refractivity contribution in [2.75, 3.05) is 5.73 Å². The molecule has 0 saturated heterocycles. The first-order valence-corrected chi connectivity index (χ1v) is 5.94. The van der Waals surface area contributed by atoms with Crippen LogP contribution in [-0.2, 0) is 16.5 Å². The summed E-state index contributed by atoms with van der Waals surface area (Å²) in [6.07, 6.45) is -1.29. The van der Waals surface area contributed by atoms with Crippen LogP contribution in [0.15, 0.2) is 17.0 Å². The number of nitrogens with two attached hydrogens (primary N) is 1. The molecule has 1 aromatic carbocycles. The lowest BCUT2D eigenvalue weighted by Gasteiger charge is -2.17. The third kappa shape index (κ3) is 3.62. The Balaban J connectivity index is 3.40. The summed E-state index contributed by atoms with van der Waals surface area (Å²) in [6, 6.07) is 1.80. The Morgan fingerprint density at radius 1 is 1.29 bits per heavy atom. The second kappa shape index (κ2) is 4.21. The number of rotatable bonds is 3. The van der Waals surface area contributed by atoms with Crippen LogP contribution in [0.5, 0.6) is 0 Å². The first kappa shape index (κ1) is 13.8. The van der Waals surface area contributed by atoms with Gasteiger partial charge in [0.15, 0.2) is 0 Å². The Morgan fingerprint density at radius 3 is 2.24 bits per heavy atom. The molecule has 0 amide bonds. The van der Waals surface area contributed by atoms with Gasteiger partial charge in [-0.15, -0.1) is 3.89 Å². The van der Waals surface area contributed by atoms with Crippen LogP contribution in [0, 0.1) is 6.92 Å². The van der Waals surface area contributed by atoms with E-state index in [0.29, 0.717) is 0 Å². The average Bonchev–Trinajstić information content (AvgIpc) is 2.06. The second-order valence-electron chi connectivity index (χ2n) is 3.66. The maximum Gasteiger partial charge on any atom is 0.482 e. The fourth-order valence-corrected chi connectivity index (χ4v) is 2.26. The smallest absolute Gasteiger partial charge is 0.449 e. The van der Waals surface area contributed by atoms with Crippen LogP contribution in [0.25, 0.3) is 0 Å². The molecule has 0 radical (unpaired) electrons. The van der Waals surface area contributed by atoms with E-state index >= 15 is 0 Å². The van der Waals surface area contributed by atoms with E-state index in [2.05, 4.69) is 0 Å².